The summed E-state index contributed by atoms with van der Waals surface area (Å²) in [6.07, 6.45) is 2.09. The van der Waals surface area contributed by atoms with E-state index in [1.807, 2.05) is 27.7 Å². The second kappa shape index (κ2) is 7.38. The van der Waals surface area contributed by atoms with Crippen molar-refractivity contribution in [2.45, 2.75) is 59.0 Å². The largest absolute Gasteiger partial charge is 0.481 e. The number of aromatic nitrogens is 2. The van der Waals surface area contributed by atoms with Crippen molar-refractivity contribution in [1.82, 2.24) is 10.1 Å². The minimum atomic E-state index is -0.817. The van der Waals surface area contributed by atoms with Crippen molar-refractivity contribution in [3.8, 4) is 0 Å². The van der Waals surface area contributed by atoms with Gasteiger partial charge in [-0.2, -0.15) is 4.98 Å². The van der Waals surface area contributed by atoms with E-state index < -0.39 is 11.6 Å². The fourth-order valence-corrected chi connectivity index (χ4v) is 2.30. The highest BCUT2D eigenvalue weighted by Crippen LogP contribution is 2.31. The molecule has 20 heavy (non-hydrogen) atoms. The van der Waals surface area contributed by atoms with Crippen molar-refractivity contribution in [2.75, 3.05) is 6.61 Å². The number of ether oxygens (including phenoxy) is 1. The minimum Gasteiger partial charge on any atom is -0.481 e. The summed E-state index contributed by atoms with van der Waals surface area (Å²) in [5.41, 5.74) is -0.507. The first kappa shape index (κ1) is 16.6. The van der Waals surface area contributed by atoms with Crippen LogP contribution in [0, 0.1) is 5.92 Å². The lowest BCUT2D eigenvalue weighted by atomic mass is 9.96. The van der Waals surface area contributed by atoms with E-state index in [-0.39, 0.29) is 12.3 Å². The predicted molar refractivity (Wildman–Crippen MR) is 73.3 cm³/mol. The number of carbonyl (C=O) groups is 1. The van der Waals surface area contributed by atoms with Crippen LogP contribution in [0.1, 0.15) is 58.7 Å². The first-order valence-corrected chi connectivity index (χ1v) is 7.16. The van der Waals surface area contributed by atoms with Gasteiger partial charge in [0, 0.05) is 19.4 Å². The SMILES string of the molecule is CCOC(CC)(CC)c1noc(CC(C)CC(=O)O)n1. The normalized spacial score (nSPS) is 13.4. The lowest BCUT2D eigenvalue weighted by Crippen LogP contribution is -2.29. The Hall–Kier alpha value is -1.43. The van der Waals surface area contributed by atoms with Crippen molar-refractivity contribution in [1.29, 1.82) is 0 Å². The molecule has 0 aliphatic heterocycles. The van der Waals surface area contributed by atoms with Crippen LogP contribution in [0.4, 0.5) is 0 Å². The number of hydrogen-bond donors (Lipinski definition) is 1. The topological polar surface area (TPSA) is 85.5 Å². The average molecular weight is 284 g/mol. The number of carboxylic acid groups (broad SMARTS) is 1. The Balaban J connectivity index is 2.81. The molecule has 0 aliphatic carbocycles. The number of aliphatic carboxylic acids is 1. The lowest BCUT2D eigenvalue weighted by Gasteiger charge is -2.27. The van der Waals surface area contributed by atoms with Gasteiger partial charge in [-0.25, -0.2) is 0 Å². The van der Waals surface area contributed by atoms with Gasteiger partial charge in [0.1, 0.15) is 5.60 Å². The van der Waals surface area contributed by atoms with Crippen molar-refractivity contribution in [2.24, 2.45) is 5.92 Å². The smallest absolute Gasteiger partial charge is 0.303 e. The number of rotatable bonds is 9. The van der Waals surface area contributed by atoms with Gasteiger partial charge in [0.2, 0.25) is 11.7 Å². The first-order valence-electron chi connectivity index (χ1n) is 7.16. The molecule has 114 valence electrons. The standard InChI is InChI=1S/C14H24N2O4/c1-5-14(6-2,19-7-3)13-15-11(20-16-13)8-10(4)9-12(17)18/h10H,5-9H2,1-4H3,(H,17,18). The highest BCUT2D eigenvalue weighted by atomic mass is 16.5. The zero-order chi connectivity index (χ0) is 15.2. The van der Waals surface area contributed by atoms with Gasteiger partial charge in [-0.05, 0) is 25.7 Å². The molecule has 1 aromatic rings. The van der Waals surface area contributed by atoms with Crippen molar-refractivity contribution in [3.05, 3.63) is 11.7 Å². The van der Waals surface area contributed by atoms with Gasteiger partial charge in [-0.1, -0.05) is 25.9 Å². The van der Waals surface area contributed by atoms with Crippen molar-refractivity contribution >= 4 is 5.97 Å². The second-order valence-corrected chi connectivity index (χ2v) is 5.05. The van der Waals surface area contributed by atoms with Gasteiger partial charge in [0.15, 0.2) is 0 Å². The summed E-state index contributed by atoms with van der Waals surface area (Å²) in [6, 6.07) is 0. The maximum atomic E-state index is 10.7. The van der Waals surface area contributed by atoms with Gasteiger partial charge in [-0.3, -0.25) is 4.79 Å². The van der Waals surface area contributed by atoms with Crippen LogP contribution in [0.2, 0.25) is 0 Å². The Bertz CT molecular complexity index is 427. The molecule has 0 bridgehead atoms. The summed E-state index contributed by atoms with van der Waals surface area (Å²) >= 11 is 0. The van der Waals surface area contributed by atoms with E-state index in [0.29, 0.717) is 24.7 Å². The Kier molecular flexibility index (Phi) is 6.13. The fourth-order valence-electron chi connectivity index (χ4n) is 2.30. The van der Waals surface area contributed by atoms with E-state index in [1.165, 1.54) is 0 Å². The molecule has 1 aromatic heterocycles. The molecule has 0 spiro atoms. The Labute approximate surface area is 119 Å². The Morgan fingerprint density at radius 1 is 1.40 bits per heavy atom. The van der Waals surface area contributed by atoms with E-state index in [1.54, 1.807) is 0 Å². The molecule has 0 fully saturated rings. The molecular formula is C14H24N2O4. The maximum absolute atomic E-state index is 10.7. The molecular weight excluding hydrogens is 260 g/mol. The van der Waals surface area contributed by atoms with Crippen LogP contribution in [-0.4, -0.2) is 27.8 Å². The van der Waals surface area contributed by atoms with Gasteiger partial charge in [-0.15, -0.1) is 0 Å². The molecule has 6 heteroatoms. The molecule has 0 saturated heterocycles. The summed E-state index contributed by atoms with van der Waals surface area (Å²) in [7, 11) is 0. The van der Waals surface area contributed by atoms with E-state index in [4.69, 9.17) is 14.4 Å². The zero-order valence-corrected chi connectivity index (χ0v) is 12.7. The van der Waals surface area contributed by atoms with Gasteiger partial charge in [0.25, 0.3) is 0 Å². The number of hydrogen-bond acceptors (Lipinski definition) is 5. The van der Waals surface area contributed by atoms with Gasteiger partial charge >= 0.3 is 5.97 Å². The van der Waals surface area contributed by atoms with E-state index in [2.05, 4.69) is 10.1 Å². The van der Waals surface area contributed by atoms with Crippen LogP contribution in [0.15, 0.2) is 4.52 Å². The summed E-state index contributed by atoms with van der Waals surface area (Å²) in [5.74, 6) is 0.176. The van der Waals surface area contributed by atoms with Crippen LogP contribution < -0.4 is 0 Å². The lowest BCUT2D eigenvalue weighted by molar-refractivity contribution is -0.137. The zero-order valence-electron chi connectivity index (χ0n) is 12.7. The third-order valence-corrected chi connectivity index (χ3v) is 3.48. The average Bonchev–Trinajstić information content (AvgIpc) is 2.84. The third kappa shape index (κ3) is 4.03. The number of nitrogens with zero attached hydrogens (tertiary/aromatic N) is 2. The molecule has 1 N–H and O–H groups in total. The summed E-state index contributed by atoms with van der Waals surface area (Å²) in [6.45, 7) is 8.44. The van der Waals surface area contributed by atoms with Crippen LogP contribution in [-0.2, 0) is 21.6 Å². The molecule has 1 atom stereocenters. The molecule has 0 aliphatic rings. The monoisotopic (exact) mass is 284 g/mol. The molecule has 1 rings (SSSR count). The molecule has 0 radical (unpaired) electrons. The van der Waals surface area contributed by atoms with Crippen molar-refractivity contribution in [3.63, 3.8) is 0 Å². The molecule has 1 heterocycles. The fraction of sp³-hybridized carbons (Fsp3) is 0.786. The van der Waals surface area contributed by atoms with Gasteiger partial charge in [0.05, 0.1) is 0 Å². The molecule has 0 amide bonds. The molecule has 1 unspecified atom stereocenters. The van der Waals surface area contributed by atoms with E-state index >= 15 is 0 Å². The first-order chi connectivity index (χ1) is 9.47. The van der Waals surface area contributed by atoms with Crippen molar-refractivity contribution < 1.29 is 19.2 Å². The maximum Gasteiger partial charge on any atom is 0.303 e. The third-order valence-electron chi connectivity index (χ3n) is 3.48. The van der Waals surface area contributed by atoms with E-state index in [9.17, 15) is 4.79 Å². The highest BCUT2D eigenvalue weighted by molar-refractivity contribution is 5.66. The quantitative estimate of drug-likeness (QED) is 0.750. The molecule has 6 nitrogen and oxygen atoms in total. The summed E-state index contributed by atoms with van der Waals surface area (Å²) in [4.78, 5) is 15.1. The molecule has 0 saturated carbocycles. The summed E-state index contributed by atoms with van der Waals surface area (Å²) in [5, 5.41) is 12.8. The predicted octanol–water partition coefficient (Wildman–Crippen LogP) is 2.77. The van der Waals surface area contributed by atoms with E-state index in [0.717, 1.165) is 12.8 Å². The van der Waals surface area contributed by atoms with Gasteiger partial charge < -0.3 is 14.4 Å². The Morgan fingerprint density at radius 3 is 2.55 bits per heavy atom. The minimum absolute atomic E-state index is 0.0365. The second-order valence-electron chi connectivity index (χ2n) is 5.05. The number of carboxylic acids is 1. The van der Waals surface area contributed by atoms with Crippen LogP contribution in [0.3, 0.4) is 0 Å². The van der Waals surface area contributed by atoms with Crippen LogP contribution >= 0.6 is 0 Å². The van der Waals surface area contributed by atoms with Crippen LogP contribution in [0.25, 0.3) is 0 Å². The molecule has 0 aromatic carbocycles. The Morgan fingerprint density at radius 2 is 2.05 bits per heavy atom. The van der Waals surface area contributed by atoms with Crippen LogP contribution in [0.5, 0.6) is 0 Å². The summed E-state index contributed by atoms with van der Waals surface area (Å²) < 4.78 is 11.1. The highest BCUT2D eigenvalue weighted by Gasteiger charge is 2.34.